The smallest absolute Gasteiger partial charge is 0.341 e. The number of thiophene rings is 1. The van der Waals surface area contributed by atoms with Crippen molar-refractivity contribution in [2.45, 2.75) is 43.4 Å². The van der Waals surface area contributed by atoms with Gasteiger partial charge < -0.3 is 15.3 Å². The van der Waals surface area contributed by atoms with Crippen LogP contribution in [-0.4, -0.2) is 18.5 Å². The van der Waals surface area contributed by atoms with Crippen molar-refractivity contribution in [2.24, 2.45) is 5.92 Å². The summed E-state index contributed by atoms with van der Waals surface area (Å²) in [5.74, 6) is -0.149. The minimum atomic E-state index is -0.665. The number of carbonyl (C=O) groups is 2. The molecule has 1 aliphatic carbocycles. The summed E-state index contributed by atoms with van der Waals surface area (Å²) in [5, 5.41) is 15.5. The van der Waals surface area contributed by atoms with Crippen LogP contribution in [0, 0.1) is 11.1 Å². The zero-order valence-electron chi connectivity index (χ0n) is 18.6. The number of aromatic nitrogens is 1. The molecule has 0 fully saturated rings. The van der Waals surface area contributed by atoms with Gasteiger partial charge in [-0.15, -0.1) is 11.3 Å². The lowest BCUT2D eigenvalue weighted by molar-refractivity contribution is -0.645. The maximum absolute atomic E-state index is 13.5. The number of nitrogens with one attached hydrogen (secondary N) is 1. The van der Waals surface area contributed by atoms with E-state index in [1.165, 1.54) is 29.3 Å². The van der Waals surface area contributed by atoms with Gasteiger partial charge in [0.15, 0.2) is 6.20 Å². The Labute approximate surface area is 201 Å². The van der Waals surface area contributed by atoms with Crippen molar-refractivity contribution in [1.82, 2.24) is 0 Å². The van der Waals surface area contributed by atoms with Crippen LogP contribution in [0.4, 0.5) is 5.00 Å². The number of amides is 1. The fourth-order valence-corrected chi connectivity index (χ4v) is 6.39. The van der Waals surface area contributed by atoms with Gasteiger partial charge in [-0.05, 0) is 61.1 Å². The molecule has 2 heterocycles. The minimum Gasteiger partial charge on any atom is -0.618 e. The molecule has 0 aliphatic heterocycles. The van der Waals surface area contributed by atoms with Gasteiger partial charge in [-0.2, -0.15) is 4.73 Å². The molecule has 0 saturated heterocycles. The van der Waals surface area contributed by atoms with Gasteiger partial charge in [0.05, 0.1) is 12.2 Å². The first-order valence-electron chi connectivity index (χ1n) is 11.0. The second-order valence-electron chi connectivity index (χ2n) is 8.04. The average Bonchev–Trinajstić information content (AvgIpc) is 3.16. The topological polar surface area (TPSA) is 82.3 Å². The molecule has 8 heteroatoms. The van der Waals surface area contributed by atoms with Crippen LogP contribution in [-0.2, 0) is 22.4 Å². The van der Waals surface area contributed by atoms with Crippen molar-refractivity contribution in [2.75, 3.05) is 11.9 Å². The van der Waals surface area contributed by atoms with Crippen LogP contribution in [0.5, 0.6) is 0 Å². The fourth-order valence-electron chi connectivity index (χ4n) is 3.96. The number of esters is 1. The minimum absolute atomic E-state index is 0.271. The van der Waals surface area contributed by atoms with Crippen LogP contribution >= 0.6 is 23.1 Å². The normalized spacial score (nSPS) is 16.0. The van der Waals surface area contributed by atoms with Gasteiger partial charge in [-0.25, -0.2) is 4.79 Å². The molecular formula is C25H26N2O4S2. The van der Waals surface area contributed by atoms with E-state index in [2.05, 4.69) is 12.2 Å². The highest BCUT2D eigenvalue weighted by molar-refractivity contribution is 8.00. The quantitative estimate of drug-likeness (QED) is 0.218. The third kappa shape index (κ3) is 5.23. The molecule has 0 unspecified atom stereocenters. The van der Waals surface area contributed by atoms with Crippen molar-refractivity contribution in [3.8, 4) is 0 Å². The Balaban J connectivity index is 1.68. The zero-order valence-corrected chi connectivity index (χ0v) is 20.2. The molecule has 1 amide bonds. The molecule has 3 aromatic rings. The highest BCUT2D eigenvalue weighted by Crippen LogP contribution is 2.41. The van der Waals surface area contributed by atoms with E-state index >= 15 is 0 Å². The number of rotatable bonds is 7. The predicted molar refractivity (Wildman–Crippen MR) is 131 cm³/mol. The summed E-state index contributed by atoms with van der Waals surface area (Å²) in [4.78, 5) is 27.5. The highest BCUT2D eigenvalue weighted by Gasteiger charge is 2.32. The van der Waals surface area contributed by atoms with E-state index in [-0.39, 0.29) is 12.5 Å². The molecule has 6 nitrogen and oxygen atoms in total. The number of fused-ring (bicyclic) bond motifs is 1. The first-order valence-corrected chi connectivity index (χ1v) is 12.7. The van der Waals surface area contributed by atoms with E-state index in [1.807, 2.05) is 30.3 Å². The molecule has 1 N–H and O–H groups in total. The molecule has 0 saturated carbocycles. The number of hydrogen-bond acceptors (Lipinski definition) is 6. The van der Waals surface area contributed by atoms with Crippen molar-refractivity contribution >= 4 is 40.0 Å². The Bertz CT molecular complexity index is 1150. The number of hydrogen-bond donors (Lipinski definition) is 1. The van der Waals surface area contributed by atoms with Crippen LogP contribution in [0.2, 0.25) is 0 Å². The van der Waals surface area contributed by atoms with E-state index in [1.54, 1.807) is 25.1 Å². The number of pyridine rings is 1. The van der Waals surface area contributed by atoms with Gasteiger partial charge in [-0.1, -0.05) is 37.3 Å². The summed E-state index contributed by atoms with van der Waals surface area (Å²) in [7, 11) is 0. The third-order valence-corrected chi connectivity index (χ3v) is 8.04. The average molecular weight is 483 g/mol. The predicted octanol–water partition coefficient (Wildman–Crippen LogP) is 5.16. The van der Waals surface area contributed by atoms with Crippen molar-refractivity contribution < 1.29 is 19.1 Å². The number of anilines is 1. The van der Waals surface area contributed by atoms with Gasteiger partial charge in [0, 0.05) is 17.0 Å². The second kappa shape index (κ2) is 10.4. The molecule has 0 bridgehead atoms. The Morgan fingerprint density at radius 1 is 1.24 bits per heavy atom. The lowest BCUT2D eigenvalue weighted by Gasteiger charge is -2.18. The van der Waals surface area contributed by atoms with Gasteiger partial charge in [0.25, 0.3) is 5.03 Å². The van der Waals surface area contributed by atoms with Crippen LogP contribution in [0.3, 0.4) is 0 Å². The number of benzene rings is 1. The summed E-state index contributed by atoms with van der Waals surface area (Å²) in [6.45, 7) is 4.25. The number of nitrogens with zero attached hydrogens (tertiary/aromatic N) is 1. The van der Waals surface area contributed by atoms with Crippen molar-refractivity contribution in [3.05, 3.63) is 81.5 Å². The Hall–Kier alpha value is -2.84. The molecule has 172 valence electrons. The zero-order chi connectivity index (χ0) is 23.4. The SMILES string of the molecule is CCOC(=O)c1c(NC(=O)[C@@H](Sc2cccc[n+]2[O-])c2ccccc2)sc2c1CC[C@@H](C)C2. The third-order valence-electron chi connectivity index (χ3n) is 5.60. The maximum Gasteiger partial charge on any atom is 0.341 e. The molecule has 2 atom stereocenters. The largest absolute Gasteiger partial charge is 0.618 e. The Morgan fingerprint density at radius 3 is 2.73 bits per heavy atom. The standard InChI is InChI=1S/C25H26N2O4S2/c1-3-31-25(29)21-18-13-12-16(2)15-19(18)32-24(21)26-23(28)22(17-9-5-4-6-10-17)33-20-11-7-8-14-27(20)30/h4-11,14,16,22H,3,12-13,15H2,1-2H3,(H,26,28)/t16-,22+/m1/s1. The van der Waals surface area contributed by atoms with Crippen LogP contribution in [0.15, 0.2) is 59.8 Å². The van der Waals surface area contributed by atoms with Gasteiger partial charge >= 0.3 is 5.97 Å². The summed E-state index contributed by atoms with van der Waals surface area (Å²) in [6, 6.07) is 14.4. The number of ether oxygens (including phenoxy) is 1. The molecule has 1 aromatic carbocycles. The van der Waals surface area contributed by atoms with E-state index < -0.39 is 11.2 Å². The lowest BCUT2D eigenvalue weighted by Crippen LogP contribution is -2.29. The summed E-state index contributed by atoms with van der Waals surface area (Å²) < 4.78 is 6.08. The van der Waals surface area contributed by atoms with E-state index in [4.69, 9.17) is 4.74 Å². The Morgan fingerprint density at radius 2 is 2.00 bits per heavy atom. The summed E-state index contributed by atoms with van der Waals surface area (Å²) in [6.07, 6.45) is 4.10. The van der Waals surface area contributed by atoms with E-state index in [0.29, 0.717) is 21.5 Å². The van der Waals surface area contributed by atoms with Gasteiger partial charge in [0.1, 0.15) is 10.3 Å². The van der Waals surface area contributed by atoms with Crippen LogP contribution in [0.1, 0.15) is 51.9 Å². The van der Waals surface area contributed by atoms with Gasteiger partial charge in [-0.3, -0.25) is 4.79 Å². The fraction of sp³-hybridized carbons (Fsp3) is 0.320. The molecule has 4 rings (SSSR count). The molecule has 0 spiro atoms. The molecule has 2 aromatic heterocycles. The second-order valence-corrected chi connectivity index (χ2v) is 10.3. The first-order chi connectivity index (χ1) is 16.0. The monoisotopic (exact) mass is 482 g/mol. The van der Waals surface area contributed by atoms with Crippen LogP contribution < -0.4 is 10.0 Å². The highest BCUT2D eigenvalue weighted by atomic mass is 32.2. The molecule has 1 aliphatic rings. The summed E-state index contributed by atoms with van der Waals surface area (Å²) in [5.41, 5.74) is 2.25. The number of thioether (sulfide) groups is 1. The molecule has 33 heavy (non-hydrogen) atoms. The lowest BCUT2D eigenvalue weighted by atomic mass is 9.88. The van der Waals surface area contributed by atoms with Crippen molar-refractivity contribution in [1.29, 1.82) is 0 Å². The maximum atomic E-state index is 13.5. The number of carbonyl (C=O) groups excluding carboxylic acids is 2. The Kier molecular flexibility index (Phi) is 7.35. The van der Waals surface area contributed by atoms with E-state index in [9.17, 15) is 14.8 Å². The van der Waals surface area contributed by atoms with E-state index in [0.717, 1.165) is 40.0 Å². The van der Waals surface area contributed by atoms with Gasteiger partial charge in [0.2, 0.25) is 5.91 Å². The molecule has 0 radical (unpaired) electrons. The van der Waals surface area contributed by atoms with Crippen molar-refractivity contribution in [3.63, 3.8) is 0 Å². The summed E-state index contributed by atoms with van der Waals surface area (Å²) >= 11 is 2.64. The van der Waals surface area contributed by atoms with Crippen LogP contribution in [0.25, 0.3) is 0 Å². The molecular weight excluding hydrogens is 456 g/mol. The first kappa shape index (κ1) is 23.3.